The van der Waals surface area contributed by atoms with Gasteiger partial charge in [0.1, 0.15) is 0 Å². The Kier molecular flexibility index (Phi) is 5.68. The fourth-order valence-electron chi connectivity index (χ4n) is 3.62. The zero-order chi connectivity index (χ0) is 13.7. The Morgan fingerprint density at radius 2 is 1.89 bits per heavy atom. The van der Waals surface area contributed by atoms with E-state index in [9.17, 15) is 4.79 Å². The molecular formula is C16H30N2O. The number of piperidine rings is 1. The molecule has 2 aliphatic rings. The van der Waals surface area contributed by atoms with Gasteiger partial charge in [0.25, 0.3) is 0 Å². The van der Waals surface area contributed by atoms with Crippen LogP contribution < -0.4 is 5.32 Å². The Balaban J connectivity index is 1.67. The van der Waals surface area contributed by atoms with Crippen LogP contribution in [0, 0.1) is 17.8 Å². The van der Waals surface area contributed by atoms with Crippen LogP contribution in [-0.2, 0) is 4.79 Å². The molecule has 2 fully saturated rings. The second-order valence-corrected chi connectivity index (χ2v) is 6.62. The fourth-order valence-corrected chi connectivity index (χ4v) is 3.62. The number of likely N-dealkylation sites (tertiary alicyclic amines) is 1. The minimum atomic E-state index is 0.418. The first-order valence-electron chi connectivity index (χ1n) is 8.17. The highest BCUT2D eigenvalue weighted by Gasteiger charge is 2.27. The Hall–Kier alpha value is -0.570. The van der Waals surface area contributed by atoms with Gasteiger partial charge in [-0.15, -0.1) is 0 Å². The second-order valence-electron chi connectivity index (χ2n) is 6.62. The lowest BCUT2D eigenvalue weighted by molar-refractivity contribution is -0.133. The summed E-state index contributed by atoms with van der Waals surface area (Å²) in [5.74, 6) is 2.70. The van der Waals surface area contributed by atoms with Crippen molar-refractivity contribution >= 4 is 5.91 Å². The normalized spacial score (nSPS) is 28.8. The van der Waals surface area contributed by atoms with Gasteiger partial charge in [0.15, 0.2) is 0 Å². The van der Waals surface area contributed by atoms with Crippen molar-refractivity contribution in [1.29, 1.82) is 0 Å². The molecule has 0 spiro atoms. The lowest BCUT2D eigenvalue weighted by Gasteiger charge is -2.32. The predicted molar refractivity (Wildman–Crippen MR) is 79.0 cm³/mol. The molecule has 1 saturated heterocycles. The summed E-state index contributed by atoms with van der Waals surface area (Å²) in [6, 6.07) is 0. The molecule has 1 amide bonds. The van der Waals surface area contributed by atoms with Gasteiger partial charge in [-0.2, -0.15) is 0 Å². The summed E-state index contributed by atoms with van der Waals surface area (Å²) in [4.78, 5) is 14.4. The zero-order valence-corrected chi connectivity index (χ0v) is 12.7. The van der Waals surface area contributed by atoms with Crippen molar-refractivity contribution in [3.8, 4) is 0 Å². The van der Waals surface area contributed by atoms with E-state index >= 15 is 0 Å². The van der Waals surface area contributed by atoms with E-state index in [1.165, 1.54) is 32.1 Å². The highest BCUT2D eigenvalue weighted by Crippen LogP contribution is 2.33. The van der Waals surface area contributed by atoms with Gasteiger partial charge >= 0.3 is 0 Å². The summed E-state index contributed by atoms with van der Waals surface area (Å²) in [6.07, 6.45) is 7.02. The van der Waals surface area contributed by atoms with Gasteiger partial charge in [-0.25, -0.2) is 0 Å². The van der Waals surface area contributed by atoms with Crippen LogP contribution in [0.15, 0.2) is 0 Å². The molecule has 0 aromatic carbocycles. The van der Waals surface area contributed by atoms with Crippen LogP contribution in [0.3, 0.4) is 0 Å². The predicted octanol–water partition coefficient (Wildman–Crippen LogP) is 2.66. The lowest BCUT2D eigenvalue weighted by atomic mass is 9.95. The Bertz CT molecular complexity index is 284. The number of carbonyl (C=O) groups is 1. The van der Waals surface area contributed by atoms with Gasteiger partial charge in [0, 0.05) is 19.5 Å². The van der Waals surface area contributed by atoms with E-state index in [0.717, 1.165) is 44.4 Å². The SMILES string of the molecule is CCNCC1CCN(C(=O)CC2CCC(C)C2)CC1. The first kappa shape index (κ1) is 14.8. The van der Waals surface area contributed by atoms with Gasteiger partial charge in [0.2, 0.25) is 5.91 Å². The zero-order valence-electron chi connectivity index (χ0n) is 12.7. The first-order chi connectivity index (χ1) is 9.19. The third-order valence-corrected chi connectivity index (χ3v) is 4.92. The van der Waals surface area contributed by atoms with Crippen molar-refractivity contribution in [2.75, 3.05) is 26.2 Å². The number of carbonyl (C=O) groups excluding carboxylic acids is 1. The summed E-state index contributed by atoms with van der Waals surface area (Å²) >= 11 is 0. The molecule has 0 radical (unpaired) electrons. The van der Waals surface area contributed by atoms with Gasteiger partial charge in [-0.3, -0.25) is 4.79 Å². The second kappa shape index (κ2) is 7.28. The summed E-state index contributed by atoms with van der Waals surface area (Å²) in [5, 5.41) is 3.42. The Morgan fingerprint density at radius 1 is 1.16 bits per heavy atom. The maximum Gasteiger partial charge on any atom is 0.222 e. The molecule has 3 nitrogen and oxygen atoms in total. The summed E-state index contributed by atoms with van der Waals surface area (Å²) in [7, 11) is 0. The molecule has 0 aromatic heterocycles. The smallest absolute Gasteiger partial charge is 0.222 e. The molecule has 1 N–H and O–H groups in total. The van der Waals surface area contributed by atoms with Crippen LogP contribution in [0.25, 0.3) is 0 Å². The molecule has 1 heterocycles. The number of nitrogens with one attached hydrogen (secondary N) is 1. The quantitative estimate of drug-likeness (QED) is 0.829. The third kappa shape index (κ3) is 4.48. The molecule has 2 rings (SSSR count). The highest BCUT2D eigenvalue weighted by molar-refractivity contribution is 5.76. The number of hydrogen-bond donors (Lipinski definition) is 1. The molecule has 19 heavy (non-hydrogen) atoms. The average Bonchev–Trinajstić information content (AvgIpc) is 2.82. The molecule has 2 atom stereocenters. The molecule has 0 bridgehead atoms. The highest BCUT2D eigenvalue weighted by atomic mass is 16.2. The number of rotatable bonds is 5. The van der Waals surface area contributed by atoms with E-state index in [4.69, 9.17) is 0 Å². The molecule has 0 aromatic rings. The maximum atomic E-state index is 12.3. The van der Waals surface area contributed by atoms with E-state index in [0.29, 0.717) is 11.8 Å². The van der Waals surface area contributed by atoms with E-state index in [1.807, 2.05) is 0 Å². The minimum Gasteiger partial charge on any atom is -0.343 e. The molecule has 1 saturated carbocycles. The van der Waals surface area contributed by atoms with Crippen molar-refractivity contribution in [2.24, 2.45) is 17.8 Å². The summed E-state index contributed by atoms with van der Waals surface area (Å²) < 4.78 is 0. The lowest BCUT2D eigenvalue weighted by Crippen LogP contribution is -2.41. The molecular weight excluding hydrogens is 236 g/mol. The van der Waals surface area contributed by atoms with Crippen LogP contribution in [0.2, 0.25) is 0 Å². The van der Waals surface area contributed by atoms with Crippen LogP contribution >= 0.6 is 0 Å². The van der Waals surface area contributed by atoms with Crippen molar-refractivity contribution in [3.63, 3.8) is 0 Å². The third-order valence-electron chi connectivity index (χ3n) is 4.92. The van der Waals surface area contributed by atoms with E-state index < -0.39 is 0 Å². The van der Waals surface area contributed by atoms with Crippen molar-refractivity contribution in [1.82, 2.24) is 10.2 Å². The average molecular weight is 266 g/mol. The van der Waals surface area contributed by atoms with Crippen LogP contribution in [-0.4, -0.2) is 37.0 Å². The van der Waals surface area contributed by atoms with Gasteiger partial charge < -0.3 is 10.2 Å². The van der Waals surface area contributed by atoms with Crippen molar-refractivity contribution < 1.29 is 4.79 Å². The van der Waals surface area contributed by atoms with E-state index in [1.54, 1.807) is 0 Å². The van der Waals surface area contributed by atoms with Gasteiger partial charge in [0.05, 0.1) is 0 Å². The summed E-state index contributed by atoms with van der Waals surface area (Å²) in [5.41, 5.74) is 0. The number of nitrogens with zero attached hydrogens (tertiary/aromatic N) is 1. The molecule has 110 valence electrons. The number of hydrogen-bond acceptors (Lipinski definition) is 2. The Morgan fingerprint density at radius 3 is 2.47 bits per heavy atom. The fraction of sp³-hybridized carbons (Fsp3) is 0.938. The van der Waals surface area contributed by atoms with Crippen molar-refractivity contribution in [3.05, 3.63) is 0 Å². The Labute approximate surface area is 118 Å². The van der Waals surface area contributed by atoms with Gasteiger partial charge in [-0.1, -0.05) is 20.3 Å². The number of amides is 1. The monoisotopic (exact) mass is 266 g/mol. The summed E-state index contributed by atoms with van der Waals surface area (Å²) in [6.45, 7) is 8.62. The minimum absolute atomic E-state index is 0.418. The first-order valence-corrected chi connectivity index (χ1v) is 8.17. The van der Waals surface area contributed by atoms with Crippen LogP contribution in [0.4, 0.5) is 0 Å². The van der Waals surface area contributed by atoms with Crippen LogP contribution in [0.5, 0.6) is 0 Å². The topological polar surface area (TPSA) is 32.3 Å². The standard InChI is InChI=1S/C16H30N2O/c1-3-17-12-14-6-8-18(9-7-14)16(19)11-15-5-4-13(2)10-15/h13-15,17H,3-12H2,1-2H3. The van der Waals surface area contributed by atoms with E-state index in [-0.39, 0.29) is 0 Å². The molecule has 2 unspecified atom stereocenters. The molecule has 1 aliphatic heterocycles. The molecule has 1 aliphatic carbocycles. The maximum absolute atomic E-state index is 12.3. The van der Waals surface area contributed by atoms with E-state index in [2.05, 4.69) is 24.1 Å². The van der Waals surface area contributed by atoms with Crippen molar-refractivity contribution in [2.45, 2.75) is 52.4 Å². The van der Waals surface area contributed by atoms with Gasteiger partial charge in [-0.05, 0) is 56.5 Å². The largest absolute Gasteiger partial charge is 0.343 e. The van der Waals surface area contributed by atoms with Crippen LogP contribution in [0.1, 0.15) is 52.4 Å². The molecule has 3 heteroatoms.